The van der Waals surface area contributed by atoms with Gasteiger partial charge in [0.1, 0.15) is 5.75 Å². The molecule has 3 aliphatic carbocycles. The van der Waals surface area contributed by atoms with Gasteiger partial charge in [-0.3, -0.25) is 9.59 Å². The lowest BCUT2D eigenvalue weighted by molar-refractivity contribution is -0.127. The predicted molar refractivity (Wildman–Crippen MR) is 146 cm³/mol. The molecule has 0 bridgehead atoms. The zero-order valence-electron chi connectivity index (χ0n) is 22.4. The standard InChI is InChI=1S/C30H38N2O4S/c1-16-14-31-28(37-16)32-25(35)9-8-20-22(15-33)27(36)30(5)11-10-18-19(26(20)30)7-6-17-12-24(34)23(13-21(17)18)29(2,3)4/h12-15,18-20,26,33-34H,6-11H2,1-5H3,(H,31,32,35)/b22-15-/t18?,19?,20-,26?,30+/m1/s1. The molecule has 198 valence electrons. The van der Waals surface area contributed by atoms with Gasteiger partial charge in [-0.15, -0.1) is 11.3 Å². The summed E-state index contributed by atoms with van der Waals surface area (Å²) in [6.45, 7) is 10.4. The maximum Gasteiger partial charge on any atom is 0.226 e. The second-order valence-electron chi connectivity index (χ2n) is 12.5. The molecule has 0 radical (unpaired) electrons. The highest BCUT2D eigenvalue weighted by molar-refractivity contribution is 7.15. The van der Waals surface area contributed by atoms with E-state index in [1.165, 1.54) is 22.5 Å². The summed E-state index contributed by atoms with van der Waals surface area (Å²) in [5.41, 5.74) is 3.28. The number of phenols is 1. The molecule has 5 rings (SSSR count). The van der Waals surface area contributed by atoms with Gasteiger partial charge < -0.3 is 15.5 Å². The van der Waals surface area contributed by atoms with E-state index in [-0.39, 0.29) is 35.4 Å². The summed E-state index contributed by atoms with van der Waals surface area (Å²) in [6.07, 6.45) is 7.04. The Bertz CT molecular complexity index is 1270. The van der Waals surface area contributed by atoms with Crippen LogP contribution in [0.2, 0.25) is 0 Å². The maximum atomic E-state index is 13.6. The normalized spacial score (nSPS) is 30.1. The van der Waals surface area contributed by atoms with Crippen LogP contribution in [0.25, 0.3) is 0 Å². The average Bonchev–Trinajstić information content (AvgIpc) is 3.33. The third-order valence-corrected chi connectivity index (χ3v) is 10.0. The van der Waals surface area contributed by atoms with Crippen molar-refractivity contribution in [2.24, 2.45) is 23.2 Å². The first-order chi connectivity index (χ1) is 17.4. The number of aryl methyl sites for hydroxylation is 2. The Balaban J connectivity index is 1.44. The highest BCUT2D eigenvalue weighted by Crippen LogP contribution is 2.63. The number of hydrogen-bond donors (Lipinski definition) is 3. The number of hydrogen-bond acceptors (Lipinski definition) is 6. The zero-order chi connectivity index (χ0) is 26.7. The number of Topliss-reactive ketones (excluding diaryl/α,β-unsaturated/α-hetero) is 1. The van der Waals surface area contributed by atoms with Crippen molar-refractivity contribution in [3.63, 3.8) is 0 Å². The van der Waals surface area contributed by atoms with E-state index in [2.05, 4.69) is 44.1 Å². The van der Waals surface area contributed by atoms with E-state index in [0.29, 0.717) is 34.7 Å². The first-order valence-electron chi connectivity index (χ1n) is 13.4. The van der Waals surface area contributed by atoms with Crippen molar-refractivity contribution in [2.75, 3.05) is 5.32 Å². The second kappa shape index (κ2) is 9.26. The van der Waals surface area contributed by atoms with Gasteiger partial charge in [-0.05, 0) is 90.9 Å². The number of aromatic nitrogens is 1. The topological polar surface area (TPSA) is 99.5 Å². The highest BCUT2D eigenvalue weighted by Gasteiger charge is 2.60. The van der Waals surface area contributed by atoms with Gasteiger partial charge in [-0.25, -0.2) is 4.98 Å². The van der Waals surface area contributed by atoms with Crippen LogP contribution in [0.15, 0.2) is 30.2 Å². The summed E-state index contributed by atoms with van der Waals surface area (Å²) in [7, 11) is 0. The molecule has 2 aromatic rings. The first kappa shape index (κ1) is 26.0. The minimum atomic E-state index is -0.523. The fourth-order valence-corrected chi connectivity index (χ4v) is 8.21. The molecule has 2 fully saturated rings. The van der Waals surface area contributed by atoms with Crippen molar-refractivity contribution in [2.45, 2.75) is 84.5 Å². The van der Waals surface area contributed by atoms with Gasteiger partial charge >= 0.3 is 0 Å². The number of rotatable bonds is 4. The molecule has 3 unspecified atom stereocenters. The quantitative estimate of drug-likeness (QED) is 0.311. The van der Waals surface area contributed by atoms with Crippen molar-refractivity contribution in [1.29, 1.82) is 0 Å². The molecule has 3 aliphatic rings. The molecule has 1 heterocycles. The van der Waals surface area contributed by atoms with Gasteiger partial charge in [-0.2, -0.15) is 0 Å². The number of carbonyl (C=O) groups excluding carboxylic acids is 2. The number of amides is 1. The lowest BCUT2D eigenvalue weighted by Gasteiger charge is -2.50. The lowest BCUT2D eigenvalue weighted by Crippen LogP contribution is -2.44. The van der Waals surface area contributed by atoms with Crippen LogP contribution in [-0.4, -0.2) is 26.9 Å². The molecule has 37 heavy (non-hydrogen) atoms. The van der Waals surface area contributed by atoms with Gasteiger partial charge in [0.15, 0.2) is 10.9 Å². The smallest absolute Gasteiger partial charge is 0.226 e. The van der Waals surface area contributed by atoms with Crippen molar-refractivity contribution in [1.82, 2.24) is 4.98 Å². The third kappa shape index (κ3) is 4.39. The Morgan fingerprint density at radius 2 is 2.05 bits per heavy atom. The molecular weight excluding hydrogens is 484 g/mol. The summed E-state index contributed by atoms with van der Waals surface area (Å²) in [6, 6.07) is 4.17. The number of aliphatic hydroxyl groups excluding tert-OH is 1. The summed E-state index contributed by atoms with van der Waals surface area (Å²) >= 11 is 1.44. The maximum absolute atomic E-state index is 13.6. The summed E-state index contributed by atoms with van der Waals surface area (Å²) < 4.78 is 0. The number of thiazole rings is 1. The van der Waals surface area contributed by atoms with Gasteiger partial charge in [0.2, 0.25) is 5.91 Å². The number of aliphatic hydroxyl groups is 1. The Labute approximate surface area is 223 Å². The fourth-order valence-electron chi connectivity index (χ4n) is 7.53. The highest BCUT2D eigenvalue weighted by atomic mass is 32.1. The van der Waals surface area contributed by atoms with Crippen LogP contribution in [0.3, 0.4) is 0 Å². The van der Waals surface area contributed by atoms with Crippen LogP contribution in [0, 0.1) is 30.1 Å². The summed E-state index contributed by atoms with van der Waals surface area (Å²) in [5.74, 6) is 0.826. The predicted octanol–water partition coefficient (Wildman–Crippen LogP) is 6.58. The van der Waals surface area contributed by atoms with Gasteiger partial charge in [-0.1, -0.05) is 33.8 Å². The molecule has 7 heteroatoms. The Morgan fingerprint density at radius 1 is 1.30 bits per heavy atom. The molecule has 0 saturated heterocycles. The van der Waals surface area contributed by atoms with Gasteiger partial charge in [0.25, 0.3) is 0 Å². The largest absolute Gasteiger partial charge is 0.515 e. The van der Waals surface area contributed by atoms with Crippen molar-refractivity contribution in [3.05, 3.63) is 51.7 Å². The van der Waals surface area contributed by atoms with Crippen molar-refractivity contribution >= 4 is 28.2 Å². The zero-order valence-corrected chi connectivity index (χ0v) is 23.2. The van der Waals surface area contributed by atoms with Crippen molar-refractivity contribution in [3.8, 4) is 5.75 Å². The number of aromatic hydroxyl groups is 1. The van der Waals surface area contributed by atoms with Gasteiger partial charge in [0, 0.05) is 28.5 Å². The molecule has 0 spiro atoms. The fraction of sp³-hybridized carbons (Fsp3) is 0.567. The number of nitrogens with one attached hydrogen (secondary N) is 1. The molecule has 6 nitrogen and oxygen atoms in total. The average molecular weight is 523 g/mol. The SMILES string of the molecule is Cc1cnc(NC(=O)CC[C@@H]2/C(=C/O)C(=O)[C@@]3(C)CCC4c5cc(C(C)(C)C)c(O)cc5CCC4C23)s1. The van der Waals surface area contributed by atoms with Crippen LogP contribution in [0.5, 0.6) is 5.75 Å². The van der Waals surface area contributed by atoms with E-state index in [0.717, 1.165) is 42.4 Å². The number of ketones is 1. The van der Waals surface area contributed by atoms with Gasteiger partial charge in [0.05, 0.1) is 6.26 Å². The number of nitrogens with zero attached hydrogens (tertiary/aromatic N) is 1. The molecule has 1 amide bonds. The Kier molecular flexibility index (Phi) is 6.50. The molecule has 0 aliphatic heterocycles. The van der Waals surface area contributed by atoms with E-state index in [9.17, 15) is 19.8 Å². The third-order valence-electron chi connectivity index (χ3n) is 9.20. The molecule has 1 aromatic carbocycles. The molecule has 3 N–H and O–H groups in total. The first-order valence-corrected chi connectivity index (χ1v) is 14.2. The monoisotopic (exact) mass is 522 g/mol. The Hall–Kier alpha value is -2.67. The minimum Gasteiger partial charge on any atom is -0.515 e. The molecule has 5 atom stereocenters. The Morgan fingerprint density at radius 3 is 2.70 bits per heavy atom. The van der Waals surface area contributed by atoms with Crippen LogP contribution in [-0.2, 0) is 21.4 Å². The minimum absolute atomic E-state index is 0.0475. The number of carbonyl (C=O) groups is 2. The summed E-state index contributed by atoms with van der Waals surface area (Å²) in [4.78, 5) is 31.6. The van der Waals surface area contributed by atoms with E-state index >= 15 is 0 Å². The molecule has 2 saturated carbocycles. The second-order valence-corrected chi connectivity index (χ2v) is 13.7. The lowest BCUT2D eigenvalue weighted by atomic mass is 9.53. The number of anilines is 1. The van der Waals surface area contributed by atoms with E-state index in [1.54, 1.807) is 6.20 Å². The van der Waals surface area contributed by atoms with Crippen LogP contribution in [0.1, 0.15) is 87.3 Å². The van der Waals surface area contributed by atoms with E-state index < -0.39 is 5.41 Å². The number of phenolic OH excluding ortho intramolecular Hbond substituents is 1. The summed E-state index contributed by atoms with van der Waals surface area (Å²) in [5, 5.41) is 24.4. The van der Waals surface area contributed by atoms with E-state index in [4.69, 9.17) is 0 Å². The van der Waals surface area contributed by atoms with Crippen LogP contribution in [0.4, 0.5) is 5.13 Å². The molecular formula is C30H38N2O4S. The van der Waals surface area contributed by atoms with Crippen LogP contribution >= 0.6 is 11.3 Å². The number of allylic oxidation sites excluding steroid dienone is 1. The van der Waals surface area contributed by atoms with Crippen LogP contribution < -0.4 is 5.32 Å². The number of benzene rings is 1. The molecule has 1 aromatic heterocycles. The van der Waals surface area contributed by atoms with E-state index in [1.807, 2.05) is 13.0 Å². The van der Waals surface area contributed by atoms with Crippen molar-refractivity contribution < 1.29 is 19.8 Å². The number of fused-ring (bicyclic) bond motifs is 5.